The second kappa shape index (κ2) is 9.77. The molecule has 0 aromatic heterocycles. The van der Waals surface area contributed by atoms with Crippen molar-refractivity contribution in [1.29, 1.82) is 0 Å². The van der Waals surface area contributed by atoms with E-state index in [2.05, 4.69) is 5.32 Å². The van der Waals surface area contributed by atoms with E-state index in [1.165, 1.54) is 0 Å². The lowest BCUT2D eigenvalue weighted by molar-refractivity contribution is -0.120. The number of nitrogens with one attached hydrogen (secondary N) is 1. The van der Waals surface area contributed by atoms with Crippen LogP contribution >= 0.6 is 11.8 Å². The Morgan fingerprint density at radius 1 is 1.19 bits per heavy atom. The van der Waals surface area contributed by atoms with Gasteiger partial charge in [0.25, 0.3) is 0 Å². The number of aryl methyl sites for hydroxylation is 1. The first-order chi connectivity index (χ1) is 12.5. The van der Waals surface area contributed by atoms with E-state index in [1.807, 2.05) is 37.3 Å². The average Bonchev–Trinajstić information content (AvgIpc) is 2.66. The topological polar surface area (TPSA) is 72.5 Å². The fraction of sp³-hybridized carbons (Fsp3) is 0.250. The van der Waals surface area contributed by atoms with Crippen molar-refractivity contribution in [3.63, 3.8) is 0 Å². The minimum Gasteiger partial charge on any atom is -0.485 e. The van der Waals surface area contributed by atoms with Crippen molar-refractivity contribution in [3.05, 3.63) is 65.2 Å². The van der Waals surface area contributed by atoms with Gasteiger partial charge in [-0.15, -0.1) is 0 Å². The zero-order valence-electron chi connectivity index (χ0n) is 14.7. The maximum Gasteiger partial charge on any atom is 0.233 e. The van der Waals surface area contributed by atoms with Gasteiger partial charge < -0.3 is 10.1 Å². The van der Waals surface area contributed by atoms with Crippen molar-refractivity contribution < 1.29 is 19.1 Å². The zero-order chi connectivity index (χ0) is 18.9. The minimum atomic E-state index is -0.466. The molecule has 0 spiro atoms. The molecule has 1 unspecified atom stereocenters. The summed E-state index contributed by atoms with van der Waals surface area (Å²) in [5, 5.41) is 2.09. The maximum atomic E-state index is 12.2. The van der Waals surface area contributed by atoms with Crippen LogP contribution in [0.4, 0.5) is 0 Å². The number of Topliss-reactive ketones (excluding diaryl/α,β-unsaturated/α-hetero) is 1. The predicted molar refractivity (Wildman–Crippen MR) is 103 cm³/mol. The molecule has 1 N–H and O–H groups in total. The van der Waals surface area contributed by atoms with Gasteiger partial charge in [0.15, 0.2) is 18.0 Å². The molecule has 0 radical (unpaired) electrons. The number of rotatable bonds is 9. The molecule has 1 amide bonds. The number of hydrogen-bond acceptors (Lipinski definition) is 5. The summed E-state index contributed by atoms with van der Waals surface area (Å²) in [4.78, 5) is 34.6. The maximum absolute atomic E-state index is 12.2. The Morgan fingerprint density at radius 2 is 1.92 bits per heavy atom. The quantitative estimate of drug-likeness (QED) is 0.542. The van der Waals surface area contributed by atoms with Crippen molar-refractivity contribution in [2.45, 2.75) is 18.6 Å². The van der Waals surface area contributed by atoms with Crippen LogP contribution in [0.3, 0.4) is 0 Å². The average molecular weight is 371 g/mol. The Hall–Kier alpha value is -2.60. The fourth-order valence-corrected chi connectivity index (χ4v) is 3.08. The van der Waals surface area contributed by atoms with E-state index < -0.39 is 5.25 Å². The third-order valence-corrected chi connectivity index (χ3v) is 4.63. The number of ketones is 1. The number of amides is 1. The van der Waals surface area contributed by atoms with E-state index in [4.69, 9.17) is 4.74 Å². The van der Waals surface area contributed by atoms with Crippen LogP contribution in [0.1, 0.15) is 21.5 Å². The first kappa shape index (κ1) is 19.7. The van der Waals surface area contributed by atoms with Crippen molar-refractivity contribution in [3.8, 4) is 5.75 Å². The molecule has 2 aromatic carbocycles. The molecular weight excluding hydrogens is 350 g/mol. The molecule has 0 saturated carbocycles. The number of benzene rings is 2. The monoisotopic (exact) mass is 371 g/mol. The molecule has 2 rings (SSSR count). The Bertz CT molecular complexity index is 774. The number of carbonyl (C=O) groups excluding carboxylic acids is 3. The zero-order valence-corrected chi connectivity index (χ0v) is 15.5. The fourth-order valence-electron chi connectivity index (χ4n) is 2.42. The van der Waals surface area contributed by atoms with E-state index in [1.54, 1.807) is 25.2 Å². The molecule has 0 aliphatic heterocycles. The summed E-state index contributed by atoms with van der Waals surface area (Å²) in [5.74, 6) is 0.306. The molecule has 0 heterocycles. The van der Waals surface area contributed by atoms with Gasteiger partial charge in [-0.1, -0.05) is 47.7 Å². The summed E-state index contributed by atoms with van der Waals surface area (Å²) in [5.41, 5.74) is 3.24. The summed E-state index contributed by atoms with van der Waals surface area (Å²) in [6.45, 7) is 1.90. The highest BCUT2D eigenvalue weighted by atomic mass is 32.2. The van der Waals surface area contributed by atoms with Crippen LogP contribution in [0.2, 0.25) is 0 Å². The summed E-state index contributed by atoms with van der Waals surface area (Å²) in [6.07, 6.45) is 0.436. The normalized spacial score (nSPS) is 11.5. The predicted octanol–water partition coefficient (Wildman–Crippen LogP) is 2.84. The molecule has 5 nitrogen and oxygen atoms in total. The van der Waals surface area contributed by atoms with E-state index in [-0.39, 0.29) is 18.3 Å². The Morgan fingerprint density at radius 3 is 2.54 bits per heavy atom. The van der Waals surface area contributed by atoms with Crippen LogP contribution in [0.5, 0.6) is 5.75 Å². The van der Waals surface area contributed by atoms with Crippen LogP contribution in [-0.2, 0) is 16.0 Å². The molecule has 6 heteroatoms. The van der Waals surface area contributed by atoms with Gasteiger partial charge in [-0.25, -0.2) is 0 Å². The van der Waals surface area contributed by atoms with Crippen LogP contribution in [0.15, 0.2) is 48.5 Å². The van der Waals surface area contributed by atoms with Gasteiger partial charge in [-0.05, 0) is 37.1 Å². The standard InChI is InChI=1S/C20H21NO4S/c1-14-4-3-5-16(10-14)18(23)12-25-17-8-6-15(7-9-17)11-19(26-13-22)20(24)21-2/h3-10,13,19H,11-12H2,1-2H3,(H,21,24). The van der Waals surface area contributed by atoms with Gasteiger partial charge in [-0.2, -0.15) is 0 Å². The molecule has 0 aliphatic rings. The number of ether oxygens (including phenoxy) is 1. The summed E-state index contributed by atoms with van der Waals surface area (Å²) in [6, 6.07) is 14.5. The SMILES string of the molecule is CNC(=O)C(Cc1ccc(OCC(=O)c2cccc(C)c2)cc1)SC=O. The van der Waals surface area contributed by atoms with E-state index in [9.17, 15) is 14.4 Å². The Balaban J connectivity index is 1.93. The van der Waals surface area contributed by atoms with Gasteiger partial charge >= 0.3 is 0 Å². The van der Waals surface area contributed by atoms with E-state index in [0.29, 0.717) is 23.4 Å². The lowest BCUT2D eigenvalue weighted by Crippen LogP contribution is -2.31. The lowest BCUT2D eigenvalue weighted by Gasteiger charge is -2.12. The van der Waals surface area contributed by atoms with Gasteiger partial charge in [0.1, 0.15) is 5.75 Å². The largest absolute Gasteiger partial charge is 0.485 e. The third kappa shape index (κ3) is 5.74. The van der Waals surface area contributed by atoms with Crippen molar-refractivity contribution in [1.82, 2.24) is 5.32 Å². The number of carbonyl (C=O) groups is 3. The molecule has 0 fully saturated rings. The summed E-state index contributed by atoms with van der Waals surface area (Å²) >= 11 is 0.953. The minimum absolute atomic E-state index is 0.0370. The Labute approximate surface area is 157 Å². The van der Waals surface area contributed by atoms with Crippen LogP contribution in [0.25, 0.3) is 0 Å². The summed E-state index contributed by atoms with van der Waals surface area (Å²) in [7, 11) is 1.54. The van der Waals surface area contributed by atoms with Crippen molar-refractivity contribution >= 4 is 29.1 Å². The first-order valence-corrected chi connectivity index (χ1v) is 9.10. The molecule has 0 saturated heterocycles. The molecule has 0 aliphatic carbocycles. The van der Waals surface area contributed by atoms with E-state index in [0.717, 1.165) is 22.9 Å². The van der Waals surface area contributed by atoms with Gasteiger partial charge in [-0.3, -0.25) is 14.4 Å². The summed E-state index contributed by atoms with van der Waals surface area (Å²) < 4.78 is 5.55. The first-order valence-electron chi connectivity index (χ1n) is 8.15. The van der Waals surface area contributed by atoms with Gasteiger partial charge in [0.05, 0.1) is 5.25 Å². The van der Waals surface area contributed by atoms with Gasteiger partial charge in [0, 0.05) is 12.6 Å². The molecule has 0 bridgehead atoms. The van der Waals surface area contributed by atoms with Gasteiger partial charge in [0.2, 0.25) is 5.91 Å². The van der Waals surface area contributed by atoms with Crippen molar-refractivity contribution in [2.24, 2.45) is 0 Å². The van der Waals surface area contributed by atoms with Crippen LogP contribution in [-0.4, -0.2) is 36.2 Å². The highest BCUT2D eigenvalue weighted by molar-refractivity contribution is 8.13. The molecule has 1 atom stereocenters. The van der Waals surface area contributed by atoms with Crippen molar-refractivity contribution in [2.75, 3.05) is 13.7 Å². The third-order valence-electron chi connectivity index (χ3n) is 3.81. The van der Waals surface area contributed by atoms with E-state index >= 15 is 0 Å². The molecule has 26 heavy (non-hydrogen) atoms. The number of hydrogen-bond donors (Lipinski definition) is 1. The highest BCUT2D eigenvalue weighted by Gasteiger charge is 2.18. The van der Waals surface area contributed by atoms with Crippen LogP contribution < -0.4 is 10.1 Å². The number of thioether (sulfide) groups is 1. The molecule has 136 valence electrons. The highest BCUT2D eigenvalue weighted by Crippen LogP contribution is 2.18. The second-order valence-corrected chi connectivity index (χ2v) is 6.80. The second-order valence-electron chi connectivity index (χ2n) is 5.76. The lowest BCUT2D eigenvalue weighted by atomic mass is 10.1. The smallest absolute Gasteiger partial charge is 0.233 e. The Kier molecular flexibility index (Phi) is 7.41. The molecule has 2 aromatic rings. The molecular formula is C20H21NO4S. The van der Waals surface area contributed by atoms with Crippen LogP contribution in [0, 0.1) is 6.92 Å².